The van der Waals surface area contributed by atoms with Gasteiger partial charge in [-0.25, -0.2) is 9.97 Å². The zero-order chi connectivity index (χ0) is 16.1. The van der Waals surface area contributed by atoms with Crippen LogP contribution in [-0.2, 0) is 6.54 Å². The summed E-state index contributed by atoms with van der Waals surface area (Å²) < 4.78 is 5.17. The van der Waals surface area contributed by atoms with Crippen LogP contribution in [0.4, 0.5) is 11.5 Å². The highest BCUT2D eigenvalue weighted by atomic mass is 16.5. The molecule has 0 bridgehead atoms. The molecule has 0 saturated carbocycles. The Labute approximate surface area is 136 Å². The number of nitrogen functional groups attached to an aromatic ring is 1. The summed E-state index contributed by atoms with van der Waals surface area (Å²) in [7, 11) is 1.64. The fourth-order valence-corrected chi connectivity index (χ4v) is 2.90. The number of ether oxygens (including phenoxy) is 1. The van der Waals surface area contributed by atoms with Crippen molar-refractivity contribution in [3.05, 3.63) is 42.2 Å². The van der Waals surface area contributed by atoms with Gasteiger partial charge in [0.1, 0.15) is 5.82 Å². The van der Waals surface area contributed by atoms with E-state index in [0.717, 1.165) is 25.3 Å². The van der Waals surface area contributed by atoms with Gasteiger partial charge in [-0.2, -0.15) is 0 Å². The molecule has 0 radical (unpaired) electrons. The van der Waals surface area contributed by atoms with Crippen molar-refractivity contribution in [2.45, 2.75) is 25.4 Å². The van der Waals surface area contributed by atoms with Crippen molar-refractivity contribution in [3.8, 4) is 5.88 Å². The number of piperidine rings is 1. The zero-order valence-electron chi connectivity index (χ0n) is 13.4. The number of hydrogen-bond donors (Lipinski definition) is 2. The van der Waals surface area contributed by atoms with Crippen LogP contribution in [-0.4, -0.2) is 36.2 Å². The van der Waals surface area contributed by atoms with E-state index in [0.29, 0.717) is 17.7 Å². The zero-order valence-corrected chi connectivity index (χ0v) is 13.4. The monoisotopic (exact) mass is 313 g/mol. The number of nitrogens with zero attached hydrogens (tertiary/aromatic N) is 3. The summed E-state index contributed by atoms with van der Waals surface area (Å²) in [5.41, 5.74) is 7.98. The topological polar surface area (TPSA) is 76.3 Å². The lowest BCUT2D eigenvalue weighted by Gasteiger charge is -2.34. The van der Waals surface area contributed by atoms with Gasteiger partial charge in [0.25, 0.3) is 0 Å². The van der Waals surface area contributed by atoms with Crippen LogP contribution in [0.2, 0.25) is 0 Å². The van der Waals surface area contributed by atoms with Crippen molar-refractivity contribution >= 4 is 11.5 Å². The number of rotatable bonds is 5. The van der Waals surface area contributed by atoms with Crippen LogP contribution >= 0.6 is 0 Å². The quantitative estimate of drug-likeness (QED) is 0.877. The third kappa shape index (κ3) is 4.10. The van der Waals surface area contributed by atoms with Crippen molar-refractivity contribution in [2.24, 2.45) is 0 Å². The fraction of sp³-hybridized carbons (Fsp3) is 0.412. The molecular formula is C17H23N5O. The standard InChI is InChI=1S/C17H23N5O/c1-23-17-9-13(6-7-19-17)10-20-14-3-2-8-22(12-14)15-4-5-16(18)21-11-15/h4-7,9,11,14,20H,2-3,8,10,12H2,1H3,(H2,18,21). The van der Waals surface area contributed by atoms with Crippen LogP contribution in [0.15, 0.2) is 36.7 Å². The van der Waals surface area contributed by atoms with Gasteiger partial charge in [0, 0.05) is 37.9 Å². The second-order valence-electron chi connectivity index (χ2n) is 5.81. The molecule has 1 unspecified atom stereocenters. The van der Waals surface area contributed by atoms with Gasteiger partial charge in [-0.05, 0) is 36.6 Å². The maximum atomic E-state index is 5.66. The average molecular weight is 313 g/mol. The van der Waals surface area contributed by atoms with Crippen molar-refractivity contribution in [2.75, 3.05) is 30.8 Å². The van der Waals surface area contributed by atoms with Crippen LogP contribution in [0, 0.1) is 0 Å². The Morgan fingerprint density at radius 3 is 3.04 bits per heavy atom. The molecule has 23 heavy (non-hydrogen) atoms. The van der Waals surface area contributed by atoms with Gasteiger partial charge in [-0.3, -0.25) is 0 Å². The van der Waals surface area contributed by atoms with Crippen molar-refractivity contribution in [3.63, 3.8) is 0 Å². The van der Waals surface area contributed by atoms with Crippen LogP contribution in [0.1, 0.15) is 18.4 Å². The summed E-state index contributed by atoms with van der Waals surface area (Å²) >= 11 is 0. The van der Waals surface area contributed by atoms with E-state index in [4.69, 9.17) is 10.5 Å². The number of aromatic nitrogens is 2. The van der Waals surface area contributed by atoms with E-state index in [1.807, 2.05) is 30.5 Å². The largest absolute Gasteiger partial charge is 0.481 e. The van der Waals surface area contributed by atoms with Crippen LogP contribution < -0.4 is 20.7 Å². The summed E-state index contributed by atoms with van der Waals surface area (Å²) in [4.78, 5) is 10.7. The molecule has 0 spiro atoms. The fourth-order valence-electron chi connectivity index (χ4n) is 2.90. The van der Waals surface area contributed by atoms with E-state index in [1.165, 1.54) is 18.4 Å². The average Bonchev–Trinajstić information content (AvgIpc) is 2.61. The molecular weight excluding hydrogens is 290 g/mol. The Morgan fingerprint density at radius 2 is 2.26 bits per heavy atom. The van der Waals surface area contributed by atoms with Gasteiger partial charge in [0.05, 0.1) is 19.0 Å². The predicted molar refractivity (Wildman–Crippen MR) is 91.5 cm³/mol. The lowest BCUT2D eigenvalue weighted by molar-refractivity contribution is 0.395. The third-order valence-corrected chi connectivity index (χ3v) is 4.16. The second kappa shape index (κ2) is 7.28. The first-order valence-electron chi connectivity index (χ1n) is 7.93. The number of pyridine rings is 2. The van der Waals surface area contributed by atoms with Gasteiger partial charge in [0.15, 0.2) is 0 Å². The second-order valence-corrected chi connectivity index (χ2v) is 5.81. The Bertz CT molecular complexity index is 631. The molecule has 3 rings (SSSR count). The van der Waals surface area contributed by atoms with Gasteiger partial charge < -0.3 is 20.7 Å². The predicted octanol–water partition coefficient (Wildman–Crippen LogP) is 1.83. The molecule has 0 amide bonds. The molecule has 1 saturated heterocycles. The number of methoxy groups -OCH3 is 1. The molecule has 1 aliphatic rings. The Kier molecular flexibility index (Phi) is 4.92. The van der Waals surface area contributed by atoms with Crippen LogP contribution in [0.25, 0.3) is 0 Å². The highest BCUT2D eigenvalue weighted by molar-refractivity contribution is 5.48. The van der Waals surface area contributed by atoms with Crippen molar-refractivity contribution < 1.29 is 4.74 Å². The minimum Gasteiger partial charge on any atom is -0.481 e. The number of anilines is 2. The van der Waals surface area contributed by atoms with E-state index < -0.39 is 0 Å². The van der Waals surface area contributed by atoms with Gasteiger partial charge in [-0.15, -0.1) is 0 Å². The van der Waals surface area contributed by atoms with Gasteiger partial charge in [-0.1, -0.05) is 0 Å². The summed E-state index contributed by atoms with van der Waals surface area (Å²) in [6.07, 6.45) is 5.98. The van der Waals surface area contributed by atoms with Gasteiger partial charge in [0.2, 0.25) is 5.88 Å². The molecule has 3 N–H and O–H groups in total. The molecule has 1 fully saturated rings. The molecule has 3 heterocycles. The molecule has 6 nitrogen and oxygen atoms in total. The van der Waals surface area contributed by atoms with E-state index in [-0.39, 0.29) is 0 Å². The van der Waals surface area contributed by atoms with Crippen LogP contribution in [0.3, 0.4) is 0 Å². The molecule has 6 heteroatoms. The van der Waals surface area contributed by atoms with Crippen LogP contribution in [0.5, 0.6) is 5.88 Å². The minimum atomic E-state index is 0.459. The molecule has 0 aliphatic carbocycles. The lowest BCUT2D eigenvalue weighted by atomic mass is 10.0. The first-order valence-corrected chi connectivity index (χ1v) is 7.93. The number of hydrogen-bond acceptors (Lipinski definition) is 6. The SMILES string of the molecule is COc1cc(CNC2CCCN(c3ccc(N)nc3)C2)ccn1. The van der Waals surface area contributed by atoms with E-state index in [9.17, 15) is 0 Å². The smallest absolute Gasteiger partial charge is 0.213 e. The minimum absolute atomic E-state index is 0.459. The van der Waals surface area contributed by atoms with Crippen molar-refractivity contribution in [1.82, 2.24) is 15.3 Å². The summed E-state index contributed by atoms with van der Waals surface area (Å²) in [6, 6.07) is 8.34. The molecule has 0 aromatic carbocycles. The van der Waals surface area contributed by atoms with E-state index in [1.54, 1.807) is 13.3 Å². The lowest BCUT2D eigenvalue weighted by Crippen LogP contribution is -2.45. The highest BCUT2D eigenvalue weighted by Gasteiger charge is 2.20. The summed E-state index contributed by atoms with van der Waals surface area (Å²) in [5, 5.41) is 3.63. The van der Waals surface area contributed by atoms with Gasteiger partial charge >= 0.3 is 0 Å². The molecule has 1 aliphatic heterocycles. The Morgan fingerprint density at radius 1 is 1.35 bits per heavy atom. The number of nitrogens with two attached hydrogens (primary N) is 1. The van der Waals surface area contributed by atoms with E-state index in [2.05, 4.69) is 20.2 Å². The summed E-state index contributed by atoms with van der Waals surface area (Å²) in [6.45, 7) is 2.86. The number of nitrogens with one attached hydrogen (secondary N) is 1. The molecule has 2 aromatic rings. The van der Waals surface area contributed by atoms with Crippen molar-refractivity contribution in [1.29, 1.82) is 0 Å². The normalized spacial score (nSPS) is 18.0. The maximum Gasteiger partial charge on any atom is 0.213 e. The third-order valence-electron chi connectivity index (χ3n) is 4.16. The Hall–Kier alpha value is -2.34. The Balaban J connectivity index is 1.57. The highest BCUT2D eigenvalue weighted by Crippen LogP contribution is 2.20. The molecule has 1 atom stereocenters. The maximum absolute atomic E-state index is 5.66. The van der Waals surface area contributed by atoms with E-state index >= 15 is 0 Å². The molecule has 2 aromatic heterocycles. The first-order chi connectivity index (χ1) is 11.2. The first kappa shape index (κ1) is 15.6. The summed E-state index contributed by atoms with van der Waals surface area (Å²) in [5.74, 6) is 1.22. The molecule has 122 valence electrons.